The third-order valence-electron chi connectivity index (χ3n) is 6.78. The van der Waals surface area contributed by atoms with Crippen molar-refractivity contribution in [2.24, 2.45) is 17.8 Å². The maximum atomic E-state index is 12.9. The van der Waals surface area contributed by atoms with Gasteiger partial charge in [0.1, 0.15) is 5.65 Å². The van der Waals surface area contributed by atoms with Crippen LogP contribution in [0.5, 0.6) is 0 Å². The Kier molecular flexibility index (Phi) is 3.39. The number of rotatable bonds is 2. The zero-order chi connectivity index (χ0) is 16.1. The van der Waals surface area contributed by atoms with Crippen LogP contribution >= 0.6 is 0 Å². The van der Waals surface area contributed by atoms with E-state index in [0.29, 0.717) is 23.7 Å². The molecule has 0 spiro atoms. The number of hydrogen-bond donors (Lipinski definition) is 1. The van der Waals surface area contributed by atoms with Crippen LogP contribution in [0.15, 0.2) is 24.5 Å². The average Bonchev–Trinajstić information content (AvgIpc) is 3.36. The van der Waals surface area contributed by atoms with Crippen LogP contribution in [-0.4, -0.2) is 33.9 Å². The van der Waals surface area contributed by atoms with E-state index in [0.717, 1.165) is 43.9 Å². The van der Waals surface area contributed by atoms with Gasteiger partial charge in [-0.1, -0.05) is 6.42 Å². The SMILES string of the molecule is O=C(C1CC2CCC1C2)N1CCC(c2c[nH]c3ncccc23)CC1. The fourth-order valence-corrected chi connectivity index (χ4v) is 5.51. The van der Waals surface area contributed by atoms with Gasteiger partial charge >= 0.3 is 0 Å². The highest BCUT2D eigenvalue weighted by Gasteiger charge is 2.44. The lowest BCUT2D eigenvalue weighted by Gasteiger charge is -2.35. The second-order valence-corrected chi connectivity index (χ2v) is 8.02. The highest BCUT2D eigenvalue weighted by molar-refractivity contribution is 5.81. The quantitative estimate of drug-likeness (QED) is 0.916. The fraction of sp³-hybridized carbons (Fsp3) is 0.600. The zero-order valence-corrected chi connectivity index (χ0v) is 14.1. The molecule has 5 rings (SSSR count). The van der Waals surface area contributed by atoms with Crippen molar-refractivity contribution >= 4 is 16.9 Å². The number of likely N-dealkylation sites (tertiary alicyclic amines) is 1. The average molecular weight is 323 g/mol. The smallest absolute Gasteiger partial charge is 0.225 e. The van der Waals surface area contributed by atoms with Crippen LogP contribution in [0.4, 0.5) is 0 Å². The molecule has 1 N–H and O–H groups in total. The van der Waals surface area contributed by atoms with Crippen LogP contribution in [0.25, 0.3) is 11.0 Å². The van der Waals surface area contributed by atoms with E-state index in [-0.39, 0.29) is 0 Å². The molecule has 3 unspecified atom stereocenters. The van der Waals surface area contributed by atoms with Crippen molar-refractivity contribution in [2.75, 3.05) is 13.1 Å². The van der Waals surface area contributed by atoms with Crippen LogP contribution in [0.1, 0.15) is 50.0 Å². The summed E-state index contributed by atoms with van der Waals surface area (Å²) in [5.74, 6) is 2.89. The molecule has 0 radical (unpaired) electrons. The summed E-state index contributed by atoms with van der Waals surface area (Å²) < 4.78 is 0. The number of nitrogens with zero attached hydrogens (tertiary/aromatic N) is 2. The molecular weight excluding hydrogens is 298 g/mol. The second kappa shape index (κ2) is 5.61. The number of nitrogens with one attached hydrogen (secondary N) is 1. The van der Waals surface area contributed by atoms with E-state index in [1.807, 2.05) is 12.3 Å². The first-order valence-corrected chi connectivity index (χ1v) is 9.50. The minimum absolute atomic E-state index is 0.345. The van der Waals surface area contributed by atoms with Gasteiger partial charge in [-0.05, 0) is 67.6 Å². The number of H-pyrrole nitrogens is 1. The van der Waals surface area contributed by atoms with Gasteiger partial charge in [0.2, 0.25) is 5.91 Å². The van der Waals surface area contributed by atoms with Crippen LogP contribution < -0.4 is 0 Å². The van der Waals surface area contributed by atoms with Gasteiger partial charge in [-0.15, -0.1) is 0 Å². The summed E-state index contributed by atoms with van der Waals surface area (Å²) in [6, 6.07) is 4.16. The molecule has 2 bridgehead atoms. The third kappa shape index (κ3) is 2.27. The molecule has 24 heavy (non-hydrogen) atoms. The summed E-state index contributed by atoms with van der Waals surface area (Å²) >= 11 is 0. The van der Waals surface area contributed by atoms with Gasteiger partial charge in [0.15, 0.2) is 0 Å². The Balaban J connectivity index is 1.27. The predicted octanol–water partition coefficient (Wildman–Crippen LogP) is 3.71. The van der Waals surface area contributed by atoms with Gasteiger partial charge in [0, 0.05) is 36.8 Å². The van der Waals surface area contributed by atoms with Gasteiger partial charge in [-0.3, -0.25) is 4.79 Å². The Bertz CT molecular complexity index is 759. The van der Waals surface area contributed by atoms with E-state index in [4.69, 9.17) is 0 Å². The van der Waals surface area contributed by atoms with E-state index in [9.17, 15) is 4.79 Å². The van der Waals surface area contributed by atoms with Crippen molar-refractivity contribution < 1.29 is 4.79 Å². The van der Waals surface area contributed by atoms with Crippen LogP contribution in [0.3, 0.4) is 0 Å². The topological polar surface area (TPSA) is 49.0 Å². The lowest BCUT2D eigenvalue weighted by Crippen LogP contribution is -2.42. The molecule has 126 valence electrons. The normalized spacial score (nSPS) is 30.3. The Morgan fingerprint density at radius 2 is 2.04 bits per heavy atom. The third-order valence-corrected chi connectivity index (χ3v) is 6.78. The minimum Gasteiger partial charge on any atom is -0.346 e. The summed E-state index contributed by atoms with van der Waals surface area (Å²) in [6.45, 7) is 1.84. The fourth-order valence-electron chi connectivity index (χ4n) is 5.51. The molecule has 4 heteroatoms. The van der Waals surface area contributed by atoms with Gasteiger partial charge in [-0.25, -0.2) is 4.98 Å². The summed E-state index contributed by atoms with van der Waals surface area (Å²) in [7, 11) is 0. The number of aromatic nitrogens is 2. The largest absolute Gasteiger partial charge is 0.346 e. The molecule has 3 aliphatic rings. The summed E-state index contributed by atoms with van der Waals surface area (Å²) in [5, 5.41) is 1.25. The van der Waals surface area contributed by atoms with Gasteiger partial charge in [-0.2, -0.15) is 0 Å². The van der Waals surface area contributed by atoms with E-state index >= 15 is 0 Å². The molecular formula is C20H25N3O. The van der Waals surface area contributed by atoms with Crippen molar-refractivity contribution in [3.8, 4) is 0 Å². The number of hydrogen-bond acceptors (Lipinski definition) is 2. The number of carbonyl (C=O) groups excluding carboxylic acids is 1. The highest BCUT2D eigenvalue weighted by atomic mass is 16.2. The number of piperidine rings is 1. The van der Waals surface area contributed by atoms with Crippen molar-refractivity contribution in [3.63, 3.8) is 0 Å². The molecule has 0 aromatic carbocycles. The second-order valence-electron chi connectivity index (χ2n) is 8.02. The first kappa shape index (κ1) is 14.5. The van der Waals surface area contributed by atoms with Crippen LogP contribution in [0, 0.1) is 17.8 Å². The van der Waals surface area contributed by atoms with Gasteiger partial charge < -0.3 is 9.88 Å². The molecule has 3 fully saturated rings. The molecule has 2 aromatic rings. The maximum Gasteiger partial charge on any atom is 0.225 e. The predicted molar refractivity (Wildman–Crippen MR) is 93.6 cm³/mol. The Hall–Kier alpha value is -1.84. The van der Waals surface area contributed by atoms with E-state index < -0.39 is 0 Å². The van der Waals surface area contributed by atoms with Crippen LogP contribution in [-0.2, 0) is 4.79 Å². The van der Waals surface area contributed by atoms with E-state index in [2.05, 4.69) is 27.1 Å². The number of carbonyl (C=O) groups is 1. The highest BCUT2D eigenvalue weighted by Crippen LogP contribution is 2.49. The number of fused-ring (bicyclic) bond motifs is 3. The molecule has 1 amide bonds. The molecule has 2 saturated carbocycles. The molecule has 3 heterocycles. The van der Waals surface area contributed by atoms with Gasteiger partial charge in [0.05, 0.1) is 0 Å². The summed E-state index contributed by atoms with van der Waals surface area (Å²) in [5.41, 5.74) is 2.36. The zero-order valence-electron chi connectivity index (χ0n) is 14.1. The number of pyridine rings is 1. The first-order valence-electron chi connectivity index (χ1n) is 9.50. The van der Waals surface area contributed by atoms with E-state index in [1.165, 1.54) is 30.2 Å². The number of amides is 1. The van der Waals surface area contributed by atoms with Gasteiger partial charge in [0.25, 0.3) is 0 Å². The minimum atomic E-state index is 0.345. The molecule has 2 aliphatic carbocycles. The Labute approximate surface area is 142 Å². The Morgan fingerprint density at radius 3 is 2.79 bits per heavy atom. The van der Waals surface area contributed by atoms with Crippen molar-refractivity contribution in [1.29, 1.82) is 0 Å². The molecule has 2 aromatic heterocycles. The van der Waals surface area contributed by atoms with Crippen molar-refractivity contribution in [2.45, 2.75) is 44.4 Å². The monoisotopic (exact) mass is 323 g/mol. The molecule has 1 aliphatic heterocycles. The standard InChI is InChI=1S/C20H25N3O/c24-20(17-11-13-3-4-15(17)10-13)23-8-5-14(6-9-23)18-12-22-19-16(18)2-1-7-21-19/h1-2,7,12-15,17H,3-6,8-11H2,(H,21,22). The first-order chi connectivity index (χ1) is 11.8. The lowest BCUT2D eigenvalue weighted by atomic mass is 9.85. The molecule has 4 nitrogen and oxygen atoms in total. The van der Waals surface area contributed by atoms with Crippen molar-refractivity contribution in [1.82, 2.24) is 14.9 Å². The lowest BCUT2D eigenvalue weighted by molar-refractivity contribution is -0.138. The van der Waals surface area contributed by atoms with E-state index in [1.54, 1.807) is 0 Å². The maximum absolute atomic E-state index is 12.9. The summed E-state index contributed by atoms with van der Waals surface area (Å²) in [6.07, 6.45) is 11.2. The Morgan fingerprint density at radius 1 is 1.17 bits per heavy atom. The van der Waals surface area contributed by atoms with Crippen LogP contribution in [0.2, 0.25) is 0 Å². The molecule has 3 atom stereocenters. The summed E-state index contributed by atoms with van der Waals surface area (Å²) in [4.78, 5) is 22.8. The molecule has 1 saturated heterocycles. The number of aromatic amines is 1. The van der Waals surface area contributed by atoms with Crippen molar-refractivity contribution in [3.05, 3.63) is 30.1 Å².